The van der Waals surface area contributed by atoms with Gasteiger partial charge >= 0.3 is 0 Å². The third-order valence-electron chi connectivity index (χ3n) is 3.74. The van der Waals surface area contributed by atoms with Crippen molar-refractivity contribution >= 4 is 0 Å². The van der Waals surface area contributed by atoms with Crippen LogP contribution in [-0.2, 0) is 6.54 Å². The Balaban J connectivity index is 2.67. The molecule has 1 rings (SSSR count). The number of rotatable bonds is 7. The van der Waals surface area contributed by atoms with E-state index < -0.39 is 0 Å². The van der Waals surface area contributed by atoms with Crippen LogP contribution in [0, 0.1) is 19.8 Å². The van der Waals surface area contributed by atoms with E-state index in [1.807, 2.05) is 0 Å². The normalized spacial score (nSPS) is 12.8. The summed E-state index contributed by atoms with van der Waals surface area (Å²) in [4.78, 5) is 2.33. The first-order chi connectivity index (χ1) is 8.97. The monoisotopic (exact) mass is 264 g/mol. The lowest BCUT2D eigenvalue weighted by atomic mass is 10.0. The predicted molar refractivity (Wildman–Crippen MR) is 81.6 cm³/mol. The minimum Gasteiger partial charge on any atom is -0.496 e. The fraction of sp³-hybridized carbons (Fsp3) is 0.625. The number of ether oxygens (including phenoxy) is 1. The largest absolute Gasteiger partial charge is 0.496 e. The molecule has 0 amide bonds. The van der Waals surface area contributed by atoms with Gasteiger partial charge < -0.3 is 15.4 Å². The lowest BCUT2D eigenvalue weighted by molar-refractivity contribution is 0.294. The molecule has 1 atom stereocenters. The number of hydrogen-bond donors (Lipinski definition) is 1. The van der Waals surface area contributed by atoms with Crippen molar-refractivity contribution in [3.05, 3.63) is 28.8 Å². The molecule has 0 aliphatic rings. The fourth-order valence-corrected chi connectivity index (χ4v) is 2.09. The van der Waals surface area contributed by atoms with Crippen LogP contribution in [0.4, 0.5) is 0 Å². The van der Waals surface area contributed by atoms with E-state index in [0.29, 0.717) is 5.92 Å². The summed E-state index contributed by atoms with van der Waals surface area (Å²) >= 11 is 0. The van der Waals surface area contributed by atoms with E-state index in [1.165, 1.54) is 16.7 Å². The minimum absolute atomic E-state index is 0.587. The van der Waals surface area contributed by atoms with Crippen LogP contribution in [0.3, 0.4) is 0 Å². The van der Waals surface area contributed by atoms with Gasteiger partial charge in [-0.25, -0.2) is 0 Å². The van der Waals surface area contributed by atoms with E-state index in [0.717, 1.165) is 31.8 Å². The van der Waals surface area contributed by atoms with Gasteiger partial charge in [0.2, 0.25) is 0 Å². The lowest BCUT2D eigenvalue weighted by Crippen LogP contribution is -2.23. The highest BCUT2D eigenvalue weighted by molar-refractivity contribution is 5.41. The Hall–Kier alpha value is -1.06. The number of benzene rings is 1. The first-order valence-corrected chi connectivity index (χ1v) is 7.00. The van der Waals surface area contributed by atoms with Crippen molar-refractivity contribution in [1.29, 1.82) is 0 Å². The van der Waals surface area contributed by atoms with Crippen molar-refractivity contribution in [1.82, 2.24) is 4.90 Å². The molecule has 0 aliphatic carbocycles. The Labute approximate surface area is 117 Å². The lowest BCUT2D eigenvalue weighted by Gasteiger charge is -2.21. The molecule has 0 fully saturated rings. The second kappa shape index (κ2) is 7.51. The first-order valence-electron chi connectivity index (χ1n) is 7.00. The van der Waals surface area contributed by atoms with Crippen molar-refractivity contribution in [2.24, 2.45) is 11.7 Å². The van der Waals surface area contributed by atoms with Gasteiger partial charge in [0.05, 0.1) is 7.11 Å². The van der Waals surface area contributed by atoms with Gasteiger partial charge in [-0.3, -0.25) is 0 Å². The van der Waals surface area contributed by atoms with Crippen LogP contribution in [0.2, 0.25) is 0 Å². The van der Waals surface area contributed by atoms with Crippen LogP contribution in [-0.4, -0.2) is 32.1 Å². The smallest absolute Gasteiger partial charge is 0.123 e. The standard InChI is InChI=1S/C16H28N2O/c1-12(10-17)6-7-18(4)11-15-8-13(2)14(3)9-16(15)19-5/h8-9,12H,6-7,10-11,17H2,1-5H3. The average Bonchev–Trinajstić information content (AvgIpc) is 2.39. The van der Waals surface area contributed by atoms with Crippen LogP contribution in [0.1, 0.15) is 30.0 Å². The van der Waals surface area contributed by atoms with Gasteiger partial charge in [-0.15, -0.1) is 0 Å². The summed E-state index contributed by atoms with van der Waals surface area (Å²) in [5.41, 5.74) is 9.51. The molecule has 0 saturated carbocycles. The number of methoxy groups -OCH3 is 1. The van der Waals surface area contributed by atoms with Crippen LogP contribution >= 0.6 is 0 Å². The molecule has 2 N–H and O–H groups in total. The van der Waals surface area contributed by atoms with E-state index in [4.69, 9.17) is 10.5 Å². The third kappa shape index (κ3) is 4.84. The summed E-state index contributed by atoms with van der Waals surface area (Å²) in [6.45, 7) is 9.21. The Morgan fingerprint density at radius 1 is 1.26 bits per heavy atom. The fourth-order valence-electron chi connectivity index (χ4n) is 2.09. The van der Waals surface area contributed by atoms with Crippen molar-refractivity contribution in [3.63, 3.8) is 0 Å². The zero-order valence-electron chi connectivity index (χ0n) is 13.0. The second-order valence-corrected chi connectivity index (χ2v) is 5.62. The quantitative estimate of drug-likeness (QED) is 0.823. The van der Waals surface area contributed by atoms with E-state index >= 15 is 0 Å². The summed E-state index contributed by atoms with van der Waals surface area (Å²) in [6.07, 6.45) is 1.14. The Morgan fingerprint density at radius 3 is 2.47 bits per heavy atom. The molecule has 19 heavy (non-hydrogen) atoms. The van der Waals surface area contributed by atoms with Crippen LogP contribution < -0.4 is 10.5 Å². The zero-order chi connectivity index (χ0) is 14.4. The SMILES string of the molecule is COc1cc(C)c(C)cc1CN(C)CCC(C)CN. The van der Waals surface area contributed by atoms with Gasteiger partial charge in [0, 0.05) is 12.1 Å². The first kappa shape index (κ1) is 16.0. The molecule has 1 aromatic rings. The molecule has 0 bridgehead atoms. The molecule has 0 saturated heterocycles. The summed E-state index contributed by atoms with van der Waals surface area (Å²) in [6, 6.07) is 4.36. The summed E-state index contributed by atoms with van der Waals surface area (Å²) in [5.74, 6) is 1.57. The highest BCUT2D eigenvalue weighted by Gasteiger charge is 2.09. The van der Waals surface area contributed by atoms with E-state index in [9.17, 15) is 0 Å². The van der Waals surface area contributed by atoms with Gasteiger partial charge in [-0.05, 0) is 63.5 Å². The number of nitrogens with two attached hydrogens (primary N) is 1. The maximum atomic E-state index is 5.65. The highest BCUT2D eigenvalue weighted by atomic mass is 16.5. The molecule has 1 aromatic carbocycles. The molecule has 1 unspecified atom stereocenters. The number of aryl methyl sites for hydroxylation is 2. The van der Waals surface area contributed by atoms with Crippen molar-refractivity contribution < 1.29 is 4.74 Å². The summed E-state index contributed by atoms with van der Waals surface area (Å²) in [5, 5.41) is 0. The van der Waals surface area contributed by atoms with E-state index in [2.05, 4.69) is 44.9 Å². The molecular weight excluding hydrogens is 236 g/mol. The molecule has 108 valence electrons. The van der Waals surface area contributed by atoms with Crippen LogP contribution in [0.15, 0.2) is 12.1 Å². The number of nitrogens with zero attached hydrogens (tertiary/aromatic N) is 1. The van der Waals surface area contributed by atoms with E-state index in [-0.39, 0.29) is 0 Å². The second-order valence-electron chi connectivity index (χ2n) is 5.62. The van der Waals surface area contributed by atoms with Gasteiger partial charge in [0.15, 0.2) is 0 Å². The predicted octanol–water partition coefficient (Wildman–Crippen LogP) is 2.73. The topological polar surface area (TPSA) is 38.5 Å². The van der Waals surface area contributed by atoms with Crippen molar-refractivity contribution in [2.75, 3.05) is 27.2 Å². The van der Waals surface area contributed by atoms with Crippen molar-refractivity contribution in [2.45, 2.75) is 33.7 Å². The van der Waals surface area contributed by atoms with Gasteiger partial charge in [0.1, 0.15) is 5.75 Å². The molecule has 0 radical (unpaired) electrons. The minimum atomic E-state index is 0.587. The summed E-state index contributed by atoms with van der Waals surface area (Å²) in [7, 11) is 3.89. The third-order valence-corrected chi connectivity index (χ3v) is 3.74. The molecule has 3 heteroatoms. The Morgan fingerprint density at radius 2 is 1.89 bits per heavy atom. The highest BCUT2D eigenvalue weighted by Crippen LogP contribution is 2.24. The molecule has 0 heterocycles. The molecule has 0 aromatic heterocycles. The maximum absolute atomic E-state index is 5.65. The van der Waals surface area contributed by atoms with Crippen LogP contribution in [0.25, 0.3) is 0 Å². The molecule has 3 nitrogen and oxygen atoms in total. The summed E-state index contributed by atoms with van der Waals surface area (Å²) < 4.78 is 5.48. The van der Waals surface area contributed by atoms with Gasteiger partial charge in [-0.1, -0.05) is 13.0 Å². The Kier molecular flexibility index (Phi) is 6.32. The van der Waals surface area contributed by atoms with E-state index in [1.54, 1.807) is 7.11 Å². The van der Waals surface area contributed by atoms with Gasteiger partial charge in [-0.2, -0.15) is 0 Å². The number of hydrogen-bond acceptors (Lipinski definition) is 3. The van der Waals surface area contributed by atoms with Crippen LogP contribution in [0.5, 0.6) is 5.75 Å². The molecule has 0 spiro atoms. The average molecular weight is 264 g/mol. The van der Waals surface area contributed by atoms with Crippen molar-refractivity contribution in [3.8, 4) is 5.75 Å². The maximum Gasteiger partial charge on any atom is 0.123 e. The van der Waals surface area contributed by atoms with Gasteiger partial charge in [0.25, 0.3) is 0 Å². The Bertz CT molecular complexity index is 404. The zero-order valence-corrected chi connectivity index (χ0v) is 13.0. The molecule has 0 aliphatic heterocycles. The molecular formula is C16H28N2O.